The van der Waals surface area contributed by atoms with Crippen molar-refractivity contribution < 1.29 is 64.6 Å². The Balaban J connectivity index is 0.00000139. The maximum absolute atomic E-state index is 13.7. The van der Waals surface area contributed by atoms with E-state index < -0.39 is 107 Å². The van der Waals surface area contributed by atoms with Gasteiger partial charge in [0.05, 0.1) is 24.3 Å². The number of nitrogens with two attached hydrogens (primary N) is 2. The second-order valence-electron chi connectivity index (χ2n) is 21.5. The van der Waals surface area contributed by atoms with Crippen molar-refractivity contribution in [1.82, 2.24) is 41.3 Å². The van der Waals surface area contributed by atoms with Crippen molar-refractivity contribution in [2.24, 2.45) is 34.4 Å². The van der Waals surface area contributed by atoms with Crippen LogP contribution >= 0.6 is 0 Å². The van der Waals surface area contributed by atoms with Crippen molar-refractivity contribution in [3.63, 3.8) is 0 Å². The Morgan fingerprint density at radius 1 is 0.724 bits per heavy atom. The summed E-state index contributed by atoms with van der Waals surface area (Å²) in [5.74, 6) is 0.247. The van der Waals surface area contributed by atoms with Crippen molar-refractivity contribution >= 4 is 41.4 Å². The smallest absolute Gasteiger partial charge is 0.374 e. The van der Waals surface area contributed by atoms with E-state index in [0.717, 1.165) is 30.8 Å². The minimum Gasteiger partial charge on any atom is -0.374 e. The van der Waals surface area contributed by atoms with Gasteiger partial charge < -0.3 is 41.1 Å². The number of halogens is 6. The monoisotopic (exact) mass is 1100 g/mol. The molecule has 0 aromatic heterocycles. The molecule has 3 heterocycles. The van der Waals surface area contributed by atoms with E-state index >= 15 is 0 Å². The average Bonchev–Trinajstić information content (AvgIpc) is 4.07. The van der Waals surface area contributed by atoms with E-state index in [4.69, 9.17) is 4.74 Å². The molecule has 0 aromatic carbocycles. The molecule has 26 heteroatoms. The van der Waals surface area contributed by atoms with Crippen LogP contribution < -0.4 is 38.3 Å². The van der Waals surface area contributed by atoms with E-state index in [2.05, 4.69) is 38.6 Å². The number of hydrogen-bond donors (Lipinski definition) is 7. The maximum Gasteiger partial charge on any atom is 0.471 e. The van der Waals surface area contributed by atoms with Crippen LogP contribution in [0.25, 0.3) is 0 Å². The Labute approximate surface area is 444 Å². The quantitative estimate of drug-likeness (QED) is 0.0546. The van der Waals surface area contributed by atoms with E-state index in [9.17, 15) is 70.4 Å². The molecule has 20 nitrogen and oxygen atoms in total. The van der Waals surface area contributed by atoms with Crippen molar-refractivity contribution in [2.45, 2.75) is 209 Å². The topological polar surface area (TPSA) is 298 Å². The van der Waals surface area contributed by atoms with Gasteiger partial charge >= 0.3 is 24.2 Å². The van der Waals surface area contributed by atoms with Gasteiger partial charge in [-0.25, -0.2) is 0 Å². The molecular formula is C50H86F6N12O8. The molecule has 3 saturated heterocycles. The molecule has 3 aliphatic rings. The number of nitrogens with one attached hydrogen (secondary N) is 5. The zero-order chi connectivity index (χ0) is 59.3. The largest absolute Gasteiger partial charge is 0.471 e. The van der Waals surface area contributed by atoms with Gasteiger partial charge in [0.2, 0.25) is 29.5 Å². The SMILES string of the molecule is CC.CC(C)O[C@@H]1CC(C(=O)N[C@H](C#N)CC2CCNC2=O)N(C(=O)[C@@H](NC(=O)C(F)(F)F)C(C)(C)C)C1.CCCN(CCC)[C@@H]1C[C@@H](C(=O)N[C@H](C#N)CC(C)C)N(C(=O)[C@@H](NC(=O)C(F)(F)F)C(C)(C)C)C1.NN. The maximum atomic E-state index is 13.7. The van der Waals surface area contributed by atoms with E-state index in [0.29, 0.717) is 25.8 Å². The minimum absolute atomic E-state index is 0.0574. The summed E-state index contributed by atoms with van der Waals surface area (Å²) in [7, 11) is 0. The van der Waals surface area contributed by atoms with Crippen LogP contribution in [0.5, 0.6) is 0 Å². The first-order valence-corrected chi connectivity index (χ1v) is 25.9. The lowest BCUT2D eigenvalue weighted by molar-refractivity contribution is -0.176. The predicted molar refractivity (Wildman–Crippen MR) is 271 cm³/mol. The molecule has 76 heavy (non-hydrogen) atoms. The lowest BCUT2D eigenvalue weighted by Crippen LogP contribution is -2.59. The first-order valence-electron chi connectivity index (χ1n) is 25.9. The van der Waals surface area contributed by atoms with Crippen molar-refractivity contribution in [1.29, 1.82) is 10.5 Å². The summed E-state index contributed by atoms with van der Waals surface area (Å²) >= 11 is 0. The van der Waals surface area contributed by atoms with E-state index in [-0.39, 0.29) is 49.9 Å². The first-order chi connectivity index (χ1) is 35.1. The summed E-state index contributed by atoms with van der Waals surface area (Å²) in [4.78, 5) is 93.5. The summed E-state index contributed by atoms with van der Waals surface area (Å²) in [6.45, 7) is 26.6. The van der Waals surface area contributed by atoms with Crippen LogP contribution in [-0.2, 0) is 38.3 Å². The van der Waals surface area contributed by atoms with Gasteiger partial charge in [-0.3, -0.25) is 50.1 Å². The molecule has 3 fully saturated rings. The van der Waals surface area contributed by atoms with Crippen molar-refractivity contribution in [2.75, 3.05) is 32.7 Å². The highest BCUT2D eigenvalue weighted by molar-refractivity contribution is 5.95. The van der Waals surface area contributed by atoms with Gasteiger partial charge in [0.25, 0.3) is 0 Å². The number of nitriles is 2. The van der Waals surface area contributed by atoms with Gasteiger partial charge in [0.1, 0.15) is 36.3 Å². The van der Waals surface area contributed by atoms with E-state index in [1.807, 2.05) is 52.9 Å². The third-order valence-electron chi connectivity index (χ3n) is 12.3. The Hall–Kier alpha value is -5.31. The summed E-state index contributed by atoms with van der Waals surface area (Å²) in [5, 5.41) is 30.6. The third kappa shape index (κ3) is 22.3. The highest BCUT2D eigenvalue weighted by Crippen LogP contribution is 2.31. The van der Waals surface area contributed by atoms with Gasteiger partial charge in [-0.1, -0.05) is 83.1 Å². The lowest BCUT2D eigenvalue weighted by atomic mass is 9.85. The standard InChI is InChI=1S/C25H42F3N5O3.C23H34F3N5O5.C2H6.H4N2/c1-8-10-32(11-9-2)18-13-19(21(34)30-17(14-29)12-16(3)4)33(15-18)22(35)20(24(5,6)7)31-23(36)25(26,27)28;1-12(2)36-15-9-16(19(33)29-14(10-27)8-13-6-7-28-18(13)32)31(11-15)20(34)17(22(3,4)5)30-21(35)23(24,25)26;2*1-2/h16-20H,8-13,15H2,1-7H3,(H,30,34)(H,31,36);12-17H,6-9,11H2,1-5H3,(H,28,32)(H,29,33)(H,30,35);1-2H3;1-2H2/t17-,18+,19-,20+;13?,14-,15+,16?,17+;;/m00../s1. The zero-order valence-electron chi connectivity index (χ0n) is 46.8. The lowest BCUT2D eigenvalue weighted by Gasteiger charge is -2.36. The Kier molecular flexibility index (Phi) is 29.6. The number of ether oxygens (including phenoxy) is 1. The molecule has 7 amide bonds. The Morgan fingerprint density at radius 2 is 1.14 bits per heavy atom. The van der Waals surface area contributed by atoms with Gasteiger partial charge in [-0.15, -0.1) is 0 Å². The molecule has 9 atom stereocenters. The number of hydrazine groups is 1. The summed E-state index contributed by atoms with van der Waals surface area (Å²) in [5.41, 5.74) is -2.16. The summed E-state index contributed by atoms with van der Waals surface area (Å²) < 4.78 is 83.7. The van der Waals surface area contributed by atoms with Gasteiger partial charge in [0.15, 0.2) is 0 Å². The number of amides is 7. The fourth-order valence-electron chi connectivity index (χ4n) is 8.90. The fraction of sp³-hybridized carbons (Fsp3) is 0.820. The number of rotatable bonds is 19. The van der Waals surface area contributed by atoms with Gasteiger partial charge in [0, 0.05) is 38.0 Å². The van der Waals surface area contributed by atoms with Gasteiger partial charge in [-0.2, -0.15) is 36.9 Å². The van der Waals surface area contributed by atoms with Gasteiger partial charge in [-0.05, 0) is 82.2 Å². The predicted octanol–water partition coefficient (Wildman–Crippen LogP) is 4.08. The molecule has 2 unspecified atom stereocenters. The van der Waals surface area contributed by atoms with Crippen LogP contribution in [0.2, 0.25) is 0 Å². The molecular weight excluding hydrogens is 1010 g/mol. The minimum atomic E-state index is -5.19. The van der Waals surface area contributed by atoms with E-state index in [1.165, 1.54) is 25.7 Å². The fourth-order valence-corrected chi connectivity index (χ4v) is 8.90. The highest BCUT2D eigenvalue weighted by Gasteiger charge is 2.51. The molecule has 3 rings (SSSR count). The highest BCUT2D eigenvalue weighted by atomic mass is 19.4. The van der Waals surface area contributed by atoms with Crippen LogP contribution in [0.15, 0.2) is 0 Å². The molecule has 0 bridgehead atoms. The second-order valence-corrected chi connectivity index (χ2v) is 21.5. The molecule has 0 aromatic rings. The molecule has 0 saturated carbocycles. The van der Waals surface area contributed by atoms with Crippen molar-refractivity contribution in [3.8, 4) is 12.1 Å². The number of nitrogens with zero attached hydrogens (tertiary/aromatic N) is 5. The molecule has 436 valence electrons. The molecule has 9 N–H and O–H groups in total. The van der Waals surface area contributed by atoms with Crippen LogP contribution in [0.4, 0.5) is 26.3 Å². The zero-order valence-corrected chi connectivity index (χ0v) is 46.8. The average molecular weight is 1100 g/mol. The van der Waals surface area contributed by atoms with Crippen LogP contribution in [0, 0.1) is 45.3 Å². The number of likely N-dealkylation sites (tertiary alicyclic amines) is 2. The normalized spacial score (nSPS) is 21.2. The second kappa shape index (κ2) is 31.8. The third-order valence-corrected chi connectivity index (χ3v) is 12.3. The van der Waals surface area contributed by atoms with Crippen LogP contribution in [-0.4, -0.2) is 156 Å². The number of carbonyl (C=O) groups excluding carboxylic acids is 7. The molecule has 0 spiro atoms. The molecule has 3 aliphatic heterocycles. The molecule has 0 radical (unpaired) electrons. The first kappa shape index (κ1) is 70.7. The number of alkyl halides is 6. The Morgan fingerprint density at radius 3 is 1.50 bits per heavy atom. The van der Waals surface area contributed by atoms with Crippen molar-refractivity contribution in [3.05, 3.63) is 0 Å². The van der Waals surface area contributed by atoms with Crippen LogP contribution in [0.1, 0.15) is 142 Å². The molecule has 0 aliphatic carbocycles. The Bertz CT molecular complexity index is 1980. The summed E-state index contributed by atoms with van der Waals surface area (Å²) in [6, 6.07) is -3.07. The van der Waals surface area contributed by atoms with Crippen LogP contribution in [0.3, 0.4) is 0 Å². The summed E-state index contributed by atoms with van der Waals surface area (Å²) in [6.07, 6.45) is -8.05. The number of carbonyl (C=O) groups is 7. The number of hydrogen-bond acceptors (Lipinski definition) is 13. The van der Waals surface area contributed by atoms with E-state index in [1.54, 1.807) is 39.9 Å².